The fourth-order valence-electron chi connectivity index (χ4n) is 1.35. The van der Waals surface area contributed by atoms with Crippen molar-refractivity contribution in [2.45, 2.75) is 6.54 Å². The number of aromatic amines is 1. The van der Waals surface area contributed by atoms with Gasteiger partial charge in [-0.1, -0.05) is 11.6 Å². The molecule has 0 aliphatic rings. The number of hydrogen-bond acceptors (Lipinski definition) is 4. The summed E-state index contributed by atoms with van der Waals surface area (Å²) in [4.78, 5) is 19.4. The molecule has 2 aromatic heterocycles. The number of hydrogen-bond donors (Lipinski definition) is 1. The Morgan fingerprint density at radius 3 is 3.12 bits per heavy atom. The maximum atomic E-state index is 11.3. The van der Waals surface area contributed by atoms with E-state index in [4.69, 9.17) is 16.0 Å². The molecule has 2 aromatic rings. The normalized spacial score (nSPS) is 10.4. The predicted molar refractivity (Wildman–Crippen MR) is 60.7 cm³/mol. The number of nitrogens with one attached hydrogen (secondary N) is 1. The number of H-pyrrole nitrogens is 1. The number of anilines is 1. The van der Waals surface area contributed by atoms with E-state index in [0.717, 1.165) is 5.76 Å². The lowest BCUT2D eigenvalue weighted by atomic mass is 10.4. The first kappa shape index (κ1) is 10.8. The Morgan fingerprint density at radius 2 is 2.44 bits per heavy atom. The summed E-state index contributed by atoms with van der Waals surface area (Å²) in [5, 5.41) is 0.0801. The Hall–Kier alpha value is -1.75. The third-order valence-corrected chi connectivity index (χ3v) is 2.45. The smallest absolute Gasteiger partial charge is 0.271 e. The quantitative estimate of drug-likeness (QED) is 0.885. The van der Waals surface area contributed by atoms with Crippen molar-refractivity contribution < 1.29 is 4.42 Å². The summed E-state index contributed by atoms with van der Waals surface area (Å²) in [6.07, 6.45) is 2.91. The molecule has 0 bridgehead atoms. The highest BCUT2D eigenvalue weighted by atomic mass is 35.5. The van der Waals surface area contributed by atoms with E-state index in [9.17, 15) is 4.79 Å². The molecule has 0 saturated carbocycles. The van der Waals surface area contributed by atoms with E-state index in [-0.39, 0.29) is 10.6 Å². The van der Waals surface area contributed by atoms with Crippen LogP contribution in [0.15, 0.2) is 33.9 Å². The van der Waals surface area contributed by atoms with Crippen molar-refractivity contribution in [1.29, 1.82) is 0 Å². The SMILES string of the molecule is CN(Cc1ccco1)c1nc[nH]c(=O)c1Cl. The summed E-state index contributed by atoms with van der Waals surface area (Å²) in [7, 11) is 1.79. The van der Waals surface area contributed by atoms with E-state index >= 15 is 0 Å². The molecular weight excluding hydrogens is 230 g/mol. The van der Waals surface area contributed by atoms with Crippen LogP contribution in [0.25, 0.3) is 0 Å². The molecule has 0 aliphatic carbocycles. The first-order valence-corrected chi connectivity index (χ1v) is 5.03. The molecular formula is C10H10ClN3O2. The van der Waals surface area contributed by atoms with E-state index in [1.165, 1.54) is 6.33 Å². The molecule has 0 spiro atoms. The molecule has 0 fully saturated rings. The van der Waals surface area contributed by atoms with Gasteiger partial charge in [-0.2, -0.15) is 0 Å². The van der Waals surface area contributed by atoms with Crippen LogP contribution in [0.2, 0.25) is 5.02 Å². The van der Waals surface area contributed by atoms with Crippen LogP contribution < -0.4 is 10.5 Å². The topological polar surface area (TPSA) is 62.1 Å². The Bertz CT molecular complexity index is 521. The van der Waals surface area contributed by atoms with Crippen LogP contribution in [-0.4, -0.2) is 17.0 Å². The summed E-state index contributed by atoms with van der Waals surface area (Å²) in [5.41, 5.74) is -0.349. The van der Waals surface area contributed by atoms with E-state index in [1.54, 1.807) is 24.3 Å². The van der Waals surface area contributed by atoms with Gasteiger partial charge in [-0.15, -0.1) is 0 Å². The minimum atomic E-state index is -0.349. The zero-order valence-corrected chi connectivity index (χ0v) is 9.36. The molecule has 0 unspecified atom stereocenters. The second-order valence-corrected chi connectivity index (χ2v) is 3.68. The van der Waals surface area contributed by atoms with Crippen molar-refractivity contribution in [2.75, 3.05) is 11.9 Å². The van der Waals surface area contributed by atoms with Crippen LogP contribution in [0.3, 0.4) is 0 Å². The van der Waals surface area contributed by atoms with Gasteiger partial charge in [0.05, 0.1) is 19.1 Å². The van der Waals surface area contributed by atoms with Gasteiger partial charge in [0, 0.05) is 7.05 Å². The molecule has 2 rings (SSSR count). The molecule has 16 heavy (non-hydrogen) atoms. The fraction of sp³-hybridized carbons (Fsp3) is 0.200. The maximum Gasteiger partial charge on any atom is 0.271 e. The second-order valence-electron chi connectivity index (χ2n) is 3.30. The van der Waals surface area contributed by atoms with E-state index in [2.05, 4.69) is 9.97 Å². The highest BCUT2D eigenvalue weighted by Crippen LogP contribution is 2.18. The molecule has 2 heterocycles. The summed E-state index contributed by atoms with van der Waals surface area (Å²) < 4.78 is 5.20. The zero-order chi connectivity index (χ0) is 11.5. The Balaban J connectivity index is 2.24. The Morgan fingerprint density at radius 1 is 1.62 bits per heavy atom. The first-order chi connectivity index (χ1) is 7.68. The largest absolute Gasteiger partial charge is 0.467 e. The lowest BCUT2D eigenvalue weighted by Crippen LogP contribution is -2.21. The van der Waals surface area contributed by atoms with Gasteiger partial charge in [0.15, 0.2) is 5.82 Å². The van der Waals surface area contributed by atoms with E-state index in [1.807, 2.05) is 6.07 Å². The van der Waals surface area contributed by atoms with Gasteiger partial charge < -0.3 is 14.3 Å². The third kappa shape index (κ3) is 2.09. The molecule has 0 aromatic carbocycles. The minimum Gasteiger partial charge on any atom is -0.467 e. The molecule has 0 amide bonds. The van der Waals surface area contributed by atoms with Crippen molar-refractivity contribution in [3.63, 3.8) is 0 Å². The average molecular weight is 240 g/mol. The van der Waals surface area contributed by atoms with Crippen LogP contribution in [0.5, 0.6) is 0 Å². The summed E-state index contributed by atoms with van der Waals surface area (Å²) >= 11 is 5.85. The second kappa shape index (κ2) is 4.40. The number of halogens is 1. The number of rotatable bonds is 3. The first-order valence-electron chi connectivity index (χ1n) is 4.65. The summed E-state index contributed by atoms with van der Waals surface area (Å²) in [6.45, 7) is 0.503. The molecule has 6 heteroatoms. The molecule has 0 atom stereocenters. The van der Waals surface area contributed by atoms with Gasteiger partial charge in [0.1, 0.15) is 10.8 Å². The van der Waals surface area contributed by atoms with Gasteiger partial charge in [-0.25, -0.2) is 4.98 Å². The zero-order valence-electron chi connectivity index (χ0n) is 8.61. The number of furan rings is 1. The van der Waals surface area contributed by atoms with Crippen molar-refractivity contribution in [3.8, 4) is 0 Å². The fourth-order valence-corrected chi connectivity index (χ4v) is 1.60. The van der Waals surface area contributed by atoms with Crippen molar-refractivity contribution >= 4 is 17.4 Å². The highest BCUT2D eigenvalue weighted by Gasteiger charge is 2.11. The highest BCUT2D eigenvalue weighted by molar-refractivity contribution is 6.32. The van der Waals surface area contributed by atoms with Gasteiger partial charge in [0.2, 0.25) is 0 Å². The number of nitrogens with zero attached hydrogens (tertiary/aromatic N) is 2. The Kier molecular flexibility index (Phi) is 2.96. The lowest BCUT2D eigenvalue weighted by molar-refractivity contribution is 0.507. The number of aromatic nitrogens is 2. The van der Waals surface area contributed by atoms with Gasteiger partial charge in [0.25, 0.3) is 5.56 Å². The van der Waals surface area contributed by atoms with E-state index in [0.29, 0.717) is 12.4 Å². The van der Waals surface area contributed by atoms with Crippen LogP contribution >= 0.6 is 11.6 Å². The molecule has 0 saturated heterocycles. The molecule has 1 N–H and O–H groups in total. The summed E-state index contributed by atoms with van der Waals surface area (Å²) in [5.74, 6) is 1.21. The van der Waals surface area contributed by atoms with Crippen LogP contribution in [0.4, 0.5) is 5.82 Å². The average Bonchev–Trinajstić information content (AvgIpc) is 2.74. The van der Waals surface area contributed by atoms with Crippen LogP contribution in [0, 0.1) is 0 Å². The van der Waals surface area contributed by atoms with Gasteiger partial charge >= 0.3 is 0 Å². The van der Waals surface area contributed by atoms with Crippen LogP contribution in [0.1, 0.15) is 5.76 Å². The monoisotopic (exact) mass is 239 g/mol. The van der Waals surface area contributed by atoms with Gasteiger partial charge in [-0.3, -0.25) is 4.79 Å². The van der Waals surface area contributed by atoms with Crippen molar-refractivity contribution in [3.05, 3.63) is 45.9 Å². The molecule has 0 aliphatic heterocycles. The van der Waals surface area contributed by atoms with Crippen molar-refractivity contribution in [1.82, 2.24) is 9.97 Å². The molecule has 84 valence electrons. The maximum absolute atomic E-state index is 11.3. The Labute approximate surface area is 96.7 Å². The molecule has 5 nitrogen and oxygen atoms in total. The van der Waals surface area contributed by atoms with Crippen LogP contribution in [-0.2, 0) is 6.54 Å². The van der Waals surface area contributed by atoms with E-state index < -0.39 is 0 Å². The standard InChI is InChI=1S/C10H10ClN3O2/c1-14(5-7-3-2-4-16-7)9-8(11)10(15)13-6-12-9/h2-4,6H,5H2,1H3,(H,12,13,15). The minimum absolute atomic E-state index is 0.0801. The third-order valence-electron chi connectivity index (χ3n) is 2.11. The van der Waals surface area contributed by atoms with Crippen molar-refractivity contribution in [2.24, 2.45) is 0 Å². The lowest BCUT2D eigenvalue weighted by Gasteiger charge is -2.16. The summed E-state index contributed by atoms with van der Waals surface area (Å²) in [6, 6.07) is 3.65. The molecule has 0 radical (unpaired) electrons. The predicted octanol–water partition coefficient (Wildman–Crippen LogP) is 1.65. The van der Waals surface area contributed by atoms with Gasteiger partial charge in [-0.05, 0) is 12.1 Å².